The van der Waals surface area contributed by atoms with Gasteiger partial charge in [-0.25, -0.2) is 4.99 Å². The van der Waals surface area contributed by atoms with Crippen LogP contribution in [0.25, 0.3) is 6.08 Å². The second-order valence-corrected chi connectivity index (χ2v) is 9.86. The summed E-state index contributed by atoms with van der Waals surface area (Å²) in [4.78, 5) is 27.8. The van der Waals surface area contributed by atoms with Gasteiger partial charge in [-0.2, -0.15) is 5.26 Å². The van der Waals surface area contributed by atoms with Crippen molar-refractivity contribution in [2.75, 3.05) is 0 Å². The molecule has 0 aliphatic carbocycles. The summed E-state index contributed by atoms with van der Waals surface area (Å²) in [6.45, 7) is 12.0. The topological polar surface area (TPSA) is 117 Å². The van der Waals surface area contributed by atoms with E-state index in [-0.39, 0.29) is 21.6 Å². The number of aromatic hydroxyl groups is 1. The first-order valence-electron chi connectivity index (χ1n) is 8.85. The van der Waals surface area contributed by atoms with E-state index in [2.05, 4.69) is 4.99 Å². The van der Waals surface area contributed by atoms with Gasteiger partial charge in [0.15, 0.2) is 5.92 Å². The fraction of sp³-hybridized carbons (Fsp3) is 0.429. The van der Waals surface area contributed by atoms with Gasteiger partial charge in [-0.15, -0.1) is 0 Å². The molecule has 1 aromatic carbocycles. The summed E-state index contributed by atoms with van der Waals surface area (Å²) in [5, 5.41) is 20.0. The summed E-state index contributed by atoms with van der Waals surface area (Å²) in [6, 6.07) is 5.47. The Morgan fingerprint density at radius 3 is 2.11 bits per heavy atom. The first-order chi connectivity index (χ1) is 12.8. The van der Waals surface area contributed by atoms with Gasteiger partial charge in [0.05, 0.1) is 11.0 Å². The third-order valence-electron chi connectivity index (χ3n) is 4.34. The van der Waals surface area contributed by atoms with Crippen molar-refractivity contribution in [1.82, 2.24) is 0 Å². The van der Waals surface area contributed by atoms with E-state index in [1.807, 2.05) is 53.7 Å². The quantitative estimate of drug-likeness (QED) is 0.753. The van der Waals surface area contributed by atoms with Crippen LogP contribution in [-0.4, -0.2) is 22.0 Å². The summed E-state index contributed by atoms with van der Waals surface area (Å²) in [7, 11) is 0. The normalized spacial score (nSPS) is 17.4. The zero-order chi connectivity index (χ0) is 21.4. The fourth-order valence-electron chi connectivity index (χ4n) is 2.82. The highest BCUT2D eigenvalue weighted by Gasteiger charge is 2.32. The molecule has 3 N–H and O–H groups in total. The molecule has 0 bridgehead atoms. The number of phenolic OH excluding ortho intramolecular Hbond substituents is 1. The summed E-state index contributed by atoms with van der Waals surface area (Å²) in [6.07, 6.45) is 1.67. The van der Waals surface area contributed by atoms with Gasteiger partial charge < -0.3 is 10.8 Å². The Morgan fingerprint density at radius 1 is 1.21 bits per heavy atom. The predicted octanol–water partition coefficient (Wildman–Crippen LogP) is 3.63. The zero-order valence-electron chi connectivity index (χ0n) is 17.0. The molecule has 2 amide bonds. The zero-order valence-corrected chi connectivity index (χ0v) is 17.8. The molecular formula is C21H25N3O3S. The molecule has 1 aliphatic rings. The Kier molecular flexibility index (Phi) is 5.77. The Labute approximate surface area is 169 Å². The first-order valence-corrected chi connectivity index (χ1v) is 9.66. The molecule has 0 spiro atoms. The Morgan fingerprint density at radius 2 is 1.71 bits per heavy atom. The van der Waals surface area contributed by atoms with Gasteiger partial charge in [0.2, 0.25) is 5.91 Å². The summed E-state index contributed by atoms with van der Waals surface area (Å²) in [5.41, 5.74) is 6.90. The molecule has 2 rings (SSSR count). The Hall–Kier alpha value is -2.59. The van der Waals surface area contributed by atoms with Crippen molar-refractivity contribution in [1.29, 1.82) is 5.26 Å². The van der Waals surface area contributed by atoms with E-state index in [0.717, 1.165) is 28.5 Å². The lowest BCUT2D eigenvalue weighted by Crippen LogP contribution is -2.26. The van der Waals surface area contributed by atoms with Crippen LogP contribution in [0, 0.1) is 17.2 Å². The molecule has 7 heteroatoms. The van der Waals surface area contributed by atoms with Gasteiger partial charge in [0.1, 0.15) is 10.8 Å². The van der Waals surface area contributed by atoms with E-state index in [0.29, 0.717) is 4.91 Å². The number of carbonyl (C=O) groups is 2. The monoisotopic (exact) mass is 399 g/mol. The van der Waals surface area contributed by atoms with E-state index in [1.54, 1.807) is 12.1 Å². The van der Waals surface area contributed by atoms with Crippen LogP contribution in [0.2, 0.25) is 0 Å². The highest BCUT2D eigenvalue weighted by molar-refractivity contribution is 8.18. The second kappa shape index (κ2) is 7.44. The highest BCUT2D eigenvalue weighted by atomic mass is 32.2. The van der Waals surface area contributed by atoms with E-state index < -0.39 is 17.7 Å². The molecule has 0 radical (unpaired) electrons. The number of amides is 2. The van der Waals surface area contributed by atoms with Crippen molar-refractivity contribution in [3.63, 3.8) is 0 Å². The van der Waals surface area contributed by atoms with Crippen molar-refractivity contribution in [3.05, 3.63) is 33.7 Å². The van der Waals surface area contributed by atoms with Crippen LogP contribution in [0.5, 0.6) is 5.75 Å². The average Bonchev–Trinajstić information content (AvgIpc) is 2.87. The van der Waals surface area contributed by atoms with Crippen LogP contribution in [0.1, 0.15) is 58.2 Å². The van der Waals surface area contributed by atoms with Gasteiger partial charge in [0, 0.05) is 11.1 Å². The van der Waals surface area contributed by atoms with Crippen molar-refractivity contribution < 1.29 is 14.7 Å². The highest BCUT2D eigenvalue weighted by Crippen LogP contribution is 2.41. The molecule has 1 unspecified atom stereocenters. The smallest absolute Gasteiger partial charge is 0.284 e. The van der Waals surface area contributed by atoms with Gasteiger partial charge in [-0.1, -0.05) is 53.3 Å². The molecule has 0 aromatic heterocycles. The standard InChI is InChI=1S/C21H25N3O3S/c1-20(2,3)13-7-11(8-14(16(13)25)21(4,5)6)9-15-18(27)24-19(28-15)12(10-22)17(23)26/h7-9,12,25H,1-6H3,(H2,23,26)/b15-9-. The minimum atomic E-state index is -1.24. The first kappa shape index (κ1) is 21.7. The SMILES string of the molecule is CC(C)(C)c1cc(/C=C2\SC(C(C#N)C(N)=O)=NC2=O)cc(C(C)(C)C)c1O. The van der Waals surface area contributed by atoms with Gasteiger partial charge in [-0.3, -0.25) is 9.59 Å². The van der Waals surface area contributed by atoms with Crippen molar-refractivity contribution in [2.45, 2.75) is 52.4 Å². The average molecular weight is 400 g/mol. The minimum Gasteiger partial charge on any atom is -0.507 e. The fourth-order valence-corrected chi connectivity index (χ4v) is 3.79. The largest absolute Gasteiger partial charge is 0.507 e. The molecule has 0 saturated carbocycles. The molecule has 28 heavy (non-hydrogen) atoms. The number of nitriles is 1. The molecule has 0 fully saturated rings. The predicted molar refractivity (Wildman–Crippen MR) is 112 cm³/mol. The minimum absolute atomic E-state index is 0.0946. The lowest BCUT2D eigenvalue weighted by atomic mass is 9.78. The van der Waals surface area contributed by atoms with E-state index in [4.69, 9.17) is 11.0 Å². The van der Waals surface area contributed by atoms with Gasteiger partial charge in [0.25, 0.3) is 5.91 Å². The Balaban J connectivity index is 2.54. The van der Waals surface area contributed by atoms with Crippen LogP contribution in [0.3, 0.4) is 0 Å². The maximum Gasteiger partial charge on any atom is 0.284 e. The van der Waals surface area contributed by atoms with Crippen LogP contribution in [0.4, 0.5) is 0 Å². The number of rotatable bonds is 3. The summed E-state index contributed by atoms with van der Waals surface area (Å²) >= 11 is 0.981. The molecule has 1 aliphatic heterocycles. The van der Waals surface area contributed by atoms with Crippen LogP contribution in [-0.2, 0) is 20.4 Å². The van der Waals surface area contributed by atoms with Crippen LogP contribution >= 0.6 is 11.8 Å². The number of nitrogens with zero attached hydrogens (tertiary/aromatic N) is 2. The summed E-state index contributed by atoms with van der Waals surface area (Å²) in [5.74, 6) is -2.33. The number of thioether (sulfide) groups is 1. The summed E-state index contributed by atoms with van der Waals surface area (Å²) < 4.78 is 0. The maximum atomic E-state index is 12.3. The number of aliphatic imine (C=N–C) groups is 1. The molecule has 148 valence electrons. The molecule has 1 heterocycles. The van der Waals surface area contributed by atoms with Gasteiger partial charge in [-0.05, 0) is 34.6 Å². The number of benzene rings is 1. The number of hydrogen-bond donors (Lipinski definition) is 2. The molecule has 1 aromatic rings. The van der Waals surface area contributed by atoms with Crippen molar-refractivity contribution >= 4 is 34.7 Å². The van der Waals surface area contributed by atoms with Crippen LogP contribution < -0.4 is 5.73 Å². The van der Waals surface area contributed by atoms with E-state index in [1.165, 1.54) is 0 Å². The number of phenols is 1. The lowest BCUT2D eigenvalue weighted by Gasteiger charge is -2.28. The lowest BCUT2D eigenvalue weighted by molar-refractivity contribution is -0.118. The third-order valence-corrected chi connectivity index (χ3v) is 5.39. The molecule has 6 nitrogen and oxygen atoms in total. The number of nitrogens with two attached hydrogens (primary N) is 1. The van der Waals surface area contributed by atoms with E-state index >= 15 is 0 Å². The third kappa shape index (κ3) is 4.45. The Bertz CT molecular complexity index is 906. The number of hydrogen-bond acceptors (Lipinski definition) is 5. The van der Waals surface area contributed by atoms with E-state index in [9.17, 15) is 14.7 Å². The number of carbonyl (C=O) groups excluding carboxylic acids is 2. The van der Waals surface area contributed by atoms with Crippen molar-refractivity contribution in [2.24, 2.45) is 16.6 Å². The molecule has 0 saturated heterocycles. The van der Waals surface area contributed by atoms with Gasteiger partial charge >= 0.3 is 0 Å². The maximum absolute atomic E-state index is 12.3. The molecule has 1 atom stereocenters. The number of primary amides is 1. The molecular weight excluding hydrogens is 374 g/mol. The second-order valence-electron chi connectivity index (χ2n) is 8.79. The van der Waals surface area contributed by atoms with Crippen molar-refractivity contribution in [3.8, 4) is 11.8 Å². The van der Waals surface area contributed by atoms with Crippen LogP contribution in [0.15, 0.2) is 22.0 Å².